The molecule has 1 atom stereocenters. The topological polar surface area (TPSA) is 67.9 Å². The molecular weight excluding hydrogens is 272 g/mol. The minimum atomic E-state index is -0.0336. The Hall–Kier alpha value is -1.56. The van der Waals surface area contributed by atoms with Gasteiger partial charge in [0, 0.05) is 32.4 Å². The van der Waals surface area contributed by atoms with Gasteiger partial charge < -0.3 is 19.7 Å². The number of hydrogen-bond donors (Lipinski definition) is 1. The second-order valence-electron chi connectivity index (χ2n) is 5.59. The lowest BCUT2D eigenvalue weighted by molar-refractivity contribution is -0.136. The second-order valence-corrected chi connectivity index (χ2v) is 5.59. The van der Waals surface area contributed by atoms with Gasteiger partial charge in [0.2, 0.25) is 11.8 Å². The van der Waals surface area contributed by atoms with E-state index in [1.54, 1.807) is 0 Å². The fourth-order valence-electron chi connectivity index (χ4n) is 2.48. The van der Waals surface area contributed by atoms with Crippen LogP contribution in [0.4, 0.5) is 0 Å². The highest BCUT2D eigenvalue weighted by Gasteiger charge is 2.20. The molecule has 118 valence electrons. The molecule has 2 aliphatic heterocycles. The van der Waals surface area contributed by atoms with Gasteiger partial charge in [-0.05, 0) is 12.0 Å². The average molecular weight is 296 g/mol. The molecule has 1 fully saturated rings. The summed E-state index contributed by atoms with van der Waals surface area (Å²) in [5.41, 5.74) is 0. The van der Waals surface area contributed by atoms with Crippen LogP contribution in [0.5, 0.6) is 0 Å². The Morgan fingerprint density at radius 1 is 1.29 bits per heavy atom. The lowest BCUT2D eigenvalue weighted by atomic mass is 10.0. The van der Waals surface area contributed by atoms with Gasteiger partial charge in [0.05, 0.1) is 26.4 Å². The van der Waals surface area contributed by atoms with Gasteiger partial charge >= 0.3 is 0 Å². The van der Waals surface area contributed by atoms with Crippen LogP contribution in [0.3, 0.4) is 0 Å². The number of carbonyl (C=O) groups is 2. The maximum atomic E-state index is 12.1. The summed E-state index contributed by atoms with van der Waals surface area (Å²) in [6, 6.07) is 0. The maximum Gasteiger partial charge on any atom is 0.223 e. The molecule has 2 heterocycles. The molecule has 0 aromatic rings. The van der Waals surface area contributed by atoms with Crippen LogP contribution in [0, 0.1) is 5.92 Å². The summed E-state index contributed by atoms with van der Waals surface area (Å²) in [7, 11) is 0. The molecule has 6 heteroatoms. The van der Waals surface area contributed by atoms with E-state index in [4.69, 9.17) is 9.47 Å². The summed E-state index contributed by atoms with van der Waals surface area (Å²) in [5, 5.41) is 2.83. The van der Waals surface area contributed by atoms with Crippen molar-refractivity contribution in [3.05, 3.63) is 11.8 Å². The predicted molar refractivity (Wildman–Crippen MR) is 77.5 cm³/mol. The van der Waals surface area contributed by atoms with E-state index in [-0.39, 0.29) is 17.7 Å². The lowest BCUT2D eigenvalue weighted by Crippen LogP contribution is -2.41. The van der Waals surface area contributed by atoms with Crippen LogP contribution in [0.25, 0.3) is 0 Å². The first-order chi connectivity index (χ1) is 10.1. The minimum absolute atomic E-state index is 0.0336. The van der Waals surface area contributed by atoms with Crippen LogP contribution in [-0.4, -0.2) is 56.2 Å². The third kappa shape index (κ3) is 5.38. The van der Waals surface area contributed by atoms with E-state index < -0.39 is 0 Å². The van der Waals surface area contributed by atoms with Crippen LogP contribution in [0.1, 0.15) is 26.2 Å². The standard InChI is InChI=1S/C15H24N2O4/c1-12(10-15(19)17-4-7-20-8-5-17)9-14(18)16-11-13-3-2-6-21-13/h3,12H,2,4-11H2,1H3,(H,16,18)/t12-/m0/s1. The molecule has 0 aliphatic carbocycles. The van der Waals surface area contributed by atoms with Gasteiger partial charge in [0.25, 0.3) is 0 Å². The Morgan fingerprint density at radius 2 is 2.05 bits per heavy atom. The zero-order valence-electron chi connectivity index (χ0n) is 12.6. The normalized spacial score (nSPS) is 19.7. The van der Waals surface area contributed by atoms with Crippen molar-refractivity contribution in [2.45, 2.75) is 26.2 Å². The van der Waals surface area contributed by atoms with Gasteiger partial charge in [-0.15, -0.1) is 0 Å². The number of morpholine rings is 1. The molecule has 2 aliphatic rings. The monoisotopic (exact) mass is 296 g/mol. The number of nitrogens with zero attached hydrogens (tertiary/aromatic N) is 1. The van der Waals surface area contributed by atoms with Crippen LogP contribution in [0.2, 0.25) is 0 Å². The highest BCUT2D eigenvalue weighted by molar-refractivity contribution is 5.79. The van der Waals surface area contributed by atoms with Crippen LogP contribution in [-0.2, 0) is 19.1 Å². The molecule has 21 heavy (non-hydrogen) atoms. The third-order valence-electron chi connectivity index (χ3n) is 3.66. The van der Waals surface area contributed by atoms with Gasteiger partial charge in [-0.1, -0.05) is 6.92 Å². The van der Waals surface area contributed by atoms with Crippen LogP contribution < -0.4 is 5.32 Å². The molecule has 0 radical (unpaired) electrons. The van der Waals surface area contributed by atoms with E-state index in [1.807, 2.05) is 17.9 Å². The summed E-state index contributed by atoms with van der Waals surface area (Å²) >= 11 is 0. The molecule has 0 saturated carbocycles. The fraction of sp³-hybridized carbons (Fsp3) is 0.733. The molecule has 2 rings (SSSR count). The van der Waals surface area contributed by atoms with Crippen LogP contribution in [0.15, 0.2) is 11.8 Å². The molecule has 2 amide bonds. The quantitative estimate of drug-likeness (QED) is 0.783. The van der Waals surface area contributed by atoms with Gasteiger partial charge in [-0.25, -0.2) is 0 Å². The van der Waals surface area contributed by atoms with E-state index in [9.17, 15) is 9.59 Å². The molecule has 0 spiro atoms. The first-order valence-corrected chi connectivity index (χ1v) is 7.59. The van der Waals surface area contributed by atoms with Crippen molar-refractivity contribution in [1.82, 2.24) is 10.2 Å². The van der Waals surface area contributed by atoms with Gasteiger partial charge in [-0.2, -0.15) is 0 Å². The summed E-state index contributed by atoms with van der Waals surface area (Å²) in [6.45, 7) is 5.61. The summed E-state index contributed by atoms with van der Waals surface area (Å²) in [6.07, 6.45) is 3.68. The summed E-state index contributed by atoms with van der Waals surface area (Å²) < 4.78 is 10.6. The third-order valence-corrected chi connectivity index (χ3v) is 3.66. The van der Waals surface area contributed by atoms with Crippen molar-refractivity contribution in [3.63, 3.8) is 0 Å². The van der Waals surface area contributed by atoms with Gasteiger partial charge in [0.1, 0.15) is 5.76 Å². The van der Waals surface area contributed by atoms with E-state index >= 15 is 0 Å². The highest BCUT2D eigenvalue weighted by atomic mass is 16.5. The van der Waals surface area contributed by atoms with Crippen molar-refractivity contribution >= 4 is 11.8 Å². The Kier molecular flexibility index (Phi) is 6.04. The van der Waals surface area contributed by atoms with Crippen molar-refractivity contribution in [2.75, 3.05) is 39.5 Å². The molecule has 1 saturated heterocycles. The smallest absolute Gasteiger partial charge is 0.223 e. The second kappa shape index (κ2) is 8.02. The molecular formula is C15H24N2O4. The minimum Gasteiger partial charge on any atom is -0.496 e. The molecule has 6 nitrogen and oxygen atoms in total. The largest absolute Gasteiger partial charge is 0.496 e. The first kappa shape index (κ1) is 15.8. The molecule has 0 unspecified atom stereocenters. The lowest BCUT2D eigenvalue weighted by Gasteiger charge is -2.27. The number of nitrogens with one attached hydrogen (secondary N) is 1. The summed E-state index contributed by atoms with van der Waals surface area (Å²) in [4.78, 5) is 25.7. The fourth-order valence-corrected chi connectivity index (χ4v) is 2.48. The Bertz CT molecular complexity index is 402. The van der Waals surface area contributed by atoms with Gasteiger partial charge in [-0.3, -0.25) is 9.59 Å². The number of rotatable bonds is 6. The zero-order valence-corrected chi connectivity index (χ0v) is 12.6. The predicted octanol–water partition coefficient (Wildman–Crippen LogP) is 0.682. The van der Waals surface area contributed by atoms with Crippen molar-refractivity contribution < 1.29 is 19.1 Å². The molecule has 0 aromatic carbocycles. The number of carbonyl (C=O) groups excluding carboxylic acids is 2. The zero-order chi connectivity index (χ0) is 15.1. The van der Waals surface area contributed by atoms with Crippen LogP contribution >= 0.6 is 0 Å². The Morgan fingerprint density at radius 3 is 2.71 bits per heavy atom. The van der Waals surface area contributed by atoms with E-state index in [0.29, 0.717) is 52.3 Å². The Balaban J connectivity index is 1.64. The van der Waals surface area contributed by atoms with Crippen molar-refractivity contribution in [2.24, 2.45) is 5.92 Å². The van der Waals surface area contributed by atoms with Gasteiger partial charge in [0.15, 0.2) is 0 Å². The van der Waals surface area contributed by atoms with E-state index in [1.165, 1.54) is 0 Å². The Labute approximate surface area is 125 Å². The van der Waals surface area contributed by atoms with Crippen molar-refractivity contribution in [1.29, 1.82) is 0 Å². The van der Waals surface area contributed by atoms with E-state index in [2.05, 4.69) is 5.32 Å². The average Bonchev–Trinajstić information content (AvgIpc) is 2.99. The summed E-state index contributed by atoms with van der Waals surface area (Å²) in [5.74, 6) is 0.952. The number of amides is 2. The molecule has 1 N–H and O–H groups in total. The van der Waals surface area contributed by atoms with E-state index in [0.717, 1.165) is 12.2 Å². The highest BCUT2D eigenvalue weighted by Crippen LogP contribution is 2.12. The molecule has 0 bridgehead atoms. The first-order valence-electron chi connectivity index (χ1n) is 7.59. The van der Waals surface area contributed by atoms with Crippen molar-refractivity contribution in [3.8, 4) is 0 Å². The maximum absolute atomic E-state index is 12.1. The number of hydrogen-bond acceptors (Lipinski definition) is 4. The number of ether oxygens (including phenoxy) is 2. The molecule has 0 aromatic heterocycles. The SMILES string of the molecule is C[C@@H](CC(=O)NCC1=CCCO1)CC(=O)N1CCOCC1.